The summed E-state index contributed by atoms with van der Waals surface area (Å²) < 4.78 is 6.91. The number of nitrogens with one attached hydrogen (secondary N) is 3. The van der Waals surface area contributed by atoms with E-state index in [0.717, 1.165) is 22.0 Å². The fourth-order valence-corrected chi connectivity index (χ4v) is 4.40. The van der Waals surface area contributed by atoms with E-state index in [0.29, 0.717) is 38.2 Å². The van der Waals surface area contributed by atoms with E-state index < -0.39 is 0 Å². The number of nitrogens with zero attached hydrogens (tertiary/aromatic N) is 1. The largest absolute Gasteiger partial charge is 0.383 e. The molecule has 168 valence electrons. The van der Waals surface area contributed by atoms with Crippen LogP contribution in [0.4, 0.5) is 0 Å². The Labute approximate surface area is 188 Å². The molecule has 0 bridgehead atoms. The van der Waals surface area contributed by atoms with Crippen LogP contribution in [0.15, 0.2) is 54.6 Å². The van der Waals surface area contributed by atoms with Crippen molar-refractivity contribution in [2.45, 2.75) is 24.9 Å². The van der Waals surface area contributed by atoms with Crippen molar-refractivity contribution < 1.29 is 14.3 Å². The average molecular weight is 435 g/mol. The summed E-state index contributed by atoms with van der Waals surface area (Å²) in [5.41, 5.74) is 3.83. The number of ether oxygens (including phenoxy) is 1. The van der Waals surface area contributed by atoms with Gasteiger partial charge in [-0.25, -0.2) is 0 Å². The molecule has 0 saturated carbocycles. The smallest absolute Gasteiger partial charge is 0.268 e. The maximum absolute atomic E-state index is 13.2. The molecule has 1 aliphatic rings. The van der Waals surface area contributed by atoms with Gasteiger partial charge in [0.1, 0.15) is 5.69 Å². The van der Waals surface area contributed by atoms with Crippen molar-refractivity contribution in [3.63, 3.8) is 0 Å². The van der Waals surface area contributed by atoms with Gasteiger partial charge in [-0.3, -0.25) is 9.59 Å². The number of methoxy groups -OCH3 is 1. The Morgan fingerprint density at radius 2 is 1.84 bits per heavy atom. The molecule has 3 N–H and O–H groups in total. The lowest BCUT2D eigenvalue weighted by Crippen LogP contribution is -2.45. The monoisotopic (exact) mass is 434 g/mol. The predicted molar refractivity (Wildman–Crippen MR) is 125 cm³/mol. The van der Waals surface area contributed by atoms with Gasteiger partial charge in [0.2, 0.25) is 5.91 Å². The number of carbonyl (C=O) groups is 2. The molecule has 7 nitrogen and oxygen atoms in total. The topological polar surface area (TPSA) is 84.4 Å². The fourth-order valence-electron chi connectivity index (χ4n) is 4.40. The highest BCUT2D eigenvalue weighted by Crippen LogP contribution is 2.32. The van der Waals surface area contributed by atoms with Crippen LogP contribution in [0.2, 0.25) is 0 Å². The van der Waals surface area contributed by atoms with Crippen LogP contribution < -0.4 is 16.0 Å². The number of hydrogen-bond acceptors (Lipinski definition) is 4. The van der Waals surface area contributed by atoms with Gasteiger partial charge in [0.15, 0.2) is 0 Å². The van der Waals surface area contributed by atoms with Crippen LogP contribution >= 0.6 is 0 Å². The third-order valence-corrected chi connectivity index (χ3v) is 6.06. The normalized spacial score (nSPS) is 17.3. The van der Waals surface area contributed by atoms with Gasteiger partial charge in [-0.1, -0.05) is 42.5 Å². The van der Waals surface area contributed by atoms with Crippen molar-refractivity contribution in [1.82, 2.24) is 20.5 Å². The number of hydrogen-bond donors (Lipinski definition) is 3. The zero-order chi connectivity index (χ0) is 22.5. The molecule has 32 heavy (non-hydrogen) atoms. The zero-order valence-corrected chi connectivity index (χ0v) is 18.6. The molecule has 0 spiro atoms. The number of amides is 2. The van der Waals surface area contributed by atoms with Crippen molar-refractivity contribution >= 4 is 22.7 Å². The van der Waals surface area contributed by atoms with E-state index in [1.54, 1.807) is 7.11 Å². The maximum Gasteiger partial charge on any atom is 0.268 e. The van der Waals surface area contributed by atoms with Crippen molar-refractivity contribution in [3.8, 4) is 0 Å². The summed E-state index contributed by atoms with van der Waals surface area (Å²) >= 11 is 0. The lowest BCUT2D eigenvalue weighted by molar-refractivity contribution is -0.121. The summed E-state index contributed by atoms with van der Waals surface area (Å²) in [6.45, 7) is 1.90. The minimum absolute atomic E-state index is 0.0412. The Bertz CT molecular complexity index is 1110. The molecule has 1 heterocycles. The SMILES string of the molecule is COCCNCCC(=O)N[C@H]1c2ccccc2C[C@@H]1NC(=O)c1cc2ccccc2n1C. The summed E-state index contributed by atoms with van der Waals surface area (Å²) in [6, 6.07) is 17.4. The standard InChI is InChI=1S/C25H30N4O3/c1-29-21-10-6-4-8-18(21)16-22(29)25(31)27-20-15-17-7-3-5-9-19(17)24(20)28-23(30)11-12-26-13-14-32-2/h3-10,16,20,24,26H,11-15H2,1-2H3,(H,27,31)(H,28,30)/t20-,24-/m0/s1. The van der Waals surface area contributed by atoms with Crippen LogP contribution in [0.1, 0.15) is 34.1 Å². The maximum atomic E-state index is 13.2. The van der Waals surface area contributed by atoms with Crippen LogP contribution in [0.3, 0.4) is 0 Å². The highest BCUT2D eigenvalue weighted by Gasteiger charge is 2.34. The van der Waals surface area contributed by atoms with Crippen LogP contribution in [0, 0.1) is 0 Å². The summed E-state index contributed by atoms with van der Waals surface area (Å²) in [4.78, 5) is 25.8. The van der Waals surface area contributed by atoms with Gasteiger partial charge in [0, 0.05) is 44.6 Å². The Balaban J connectivity index is 1.46. The van der Waals surface area contributed by atoms with Gasteiger partial charge in [-0.15, -0.1) is 0 Å². The first-order chi connectivity index (χ1) is 15.6. The molecule has 0 saturated heterocycles. The molecule has 3 aromatic rings. The van der Waals surface area contributed by atoms with Gasteiger partial charge in [-0.05, 0) is 29.7 Å². The first-order valence-electron chi connectivity index (χ1n) is 11.0. The molecule has 2 amide bonds. The second kappa shape index (κ2) is 9.97. The lowest BCUT2D eigenvalue weighted by Gasteiger charge is -2.23. The molecular weight excluding hydrogens is 404 g/mol. The summed E-state index contributed by atoms with van der Waals surface area (Å²) in [7, 11) is 3.55. The van der Waals surface area contributed by atoms with Gasteiger partial charge in [-0.2, -0.15) is 0 Å². The first-order valence-corrected chi connectivity index (χ1v) is 11.0. The average Bonchev–Trinajstić information content (AvgIpc) is 3.31. The van der Waals surface area contributed by atoms with E-state index >= 15 is 0 Å². The number of benzene rings is 2. The van der Waals surface area contributed by atoms with E-state index in [4.69, 9.17) is 4.74 Å². The molecular formula is C25H30N4O3. The zero-order valence-electron chi connectivity index (χ0n) is 18.6. The summed E-state index contributed by atoms with van der Waals surface area (Å²) in [6.07, 6.45) is 1.05. The third-order valence-electron chi connectivity index (χ3n) is 6.06. The van der Waals surface area contributed by atoms with E-state index in [-0.39, 0.29) is 23.9 Å². The molecule has 0 aliphatic heterocycles. The van der Waals surface area contributed by atoms with Gasteiger partial charge >= 0.3 is 0 Å². The third kappa shape index (κ3) is 4.69. The molecule has 2 atom stereocenters. The summed E-state index contributed by atoms with van der Waals surface area (Å²) in [5, 5.41) is 10.5. The minimum atomic E-state index is -0.253. The van der Waals surface area contributed by atoms with Crippen molar-refractivity contribution in [3.05, 3.63) is 71.4 Å². The van der Waals surface area contributed by atoms with Crippen molar-refractivity contribution in [2.24, 2.45) is 7.05 Å². The van der Waals surface area contributed by atoms with E-state index in [1.807, 2.05) is 60.1 Å². The predicted octanol–water partition coefficient (Wildman–Crippen LogP) is 2.32. The van der Waals surface area contributed by atoms with Crippen LogP contribution in [0.25, 0.3) is 10.9 Å². The van der Waals surface area contributed by atoms with Gasteiger partial charge in [0.05, 0.1) is 18.7 Å². The van der Waals surface area contributed by atoms with Gasteiger partial charge < -0.3 is 25.3 Å². The molecule has 0 radical (unpaired) electrons. The summed E-state index contributed by atoms with van der Waals surface area (Å²) in [5.74, 6) is -0.178. The fraction of sp³-hybridized carbons (Fsp3) is 0.360. The molecule has 4 rings (SSSR count). The molecule has 2 aromatic carbocycles. The highest BCUT2D eigenvalue weighted by molar-refractivity contribution is 5.99. The lowest BCUT2D eigenvalue weighted by atomic mass is 10.1. The minimum Gasteiger partial charge on any atom is -0.383 e. The van der Waals surface area contributed by atoms with E-state index in [9.17, 15) is 9.59 Å². The first kappa shape index (κ1) is 22.0. The highest BCUT2D eigenvalue weighted by atomic mass is 16.5. The van der Waals surface area contributed by atoms with Gasteiger partial charge in [0.25, 0.3) is 5.91 Å². The Morgan fingerprint density at radius 3 is 2.66 bits per heavy atom. The molecule has 7 heteroatoms. The molecule has 0 unspecified atom stereocenters. The van der Waals surface area contributed by atoms with Crippen LogP contribution in [-0.4, -0.2) is 49.2 Å². The number of para-hydroxylation sites is 1. The van der Waals surface area contributed by atoms with Crippen LogP contribution in [0.5, 0.6) is 0 Å². The van der Waals surface area contributed by atoms with Crippen molar-refractivity contribution in [1.29, 1.82) is 0 Å². The molecule has 1 aromatic heterocycles. The number of carbonyl (C=O) groups excluding carboxylic acids is 2. The van der Waals surface area contributed by atoms with E-state index in [1.165, 1.54) is 0 Å². The number of rotatable bonds is 9. The number of aromatic nitrogens is 1. The second-order valence-corrected chi connectivity index (χ2v) is 8.17. The van der Waals surface area contributed by atoms with Crippen LogP contribution in [-0.2, 0) is 23.0 Å². The second-order valence-electron chi connectivity index (χ2n) is 8.17. The Kier molecular flexibility index (Phi) is 6.87. The molecule has 0 fully saturated rings. The molecule has 1 aliphatic carbocycles. The number of aryl methyl sites for hydroxylation is 1. The number of fused-ring (bicyclic) bond motifs is 2. The van der Waals surface area contributed by atoms with Crippen molar-refractivity contribution in [2.75, 3.05) is 26.8 Å². The quantitative estimate of drug-likeness (QED) is 0.451. The van der Waals surface area contributed by atoms with E-state index in [2.05, 4.69) is 22.0 Å². The Hall–Kier alpha value is -3.16. The Morgan fingerprint density at radius 1 is 1.06 bits per heavy atom.